The van der Waals surface area contributed by atoms with Gasteiger partial charge in [0.25, 0.3) is 0 Å². The summed E-state index contributed by atoms with van der Waals surface area (Å²) in [5.41, 5.74) is 1.11. The van der Waals surface area contributed by atoms with Crippen LogP contribution in [-0.4, -0.2) is 44.9 Å². The van der Waals surface area contributed by atoms with Crippen LogP contribution < -0.4 is 5.32 Å². The summed E-state index contributed by atoms with van der Waals surface area (Å²) in [6, 6.07) is 10.8. The number of ether oxygens (including phenoxy) is 1. The molecule has 1 fully saturated rings. The SMILES string of the molecule is CC(C)c1ccc(S(=O)(=O)N2CCC(C(=O)NCCCOCc3ccco3)CC2)cc1. The van der Waals surface area contributed by atoms with E-state index in [1.165, 1.54) is 4.31 Å². The van der Waals surface area contributed by atoms with Gasteiger partial charge in [-0.25, -0.2) is 8.42 Å². The first kappa shape index (κ1) is 23.5. The van der Waals surface area contributed by atoms with Crippen molar-refractivity contribution in [1.82, 2.24) is 9.62 Å². The van der Waals surface area contributed by atoms with Crippen molar-refractivity contribution >= 4 is 15.9 Å². The fourth-order valence-corrected chi connectivity index (χ4v) is 5.10. The van der Waals surface area contributed by atoms with Crippen LogP contribution in [0.5, 0.6) is 0 Å². The molecule has 0 spiro atoms. The van der Waals surface area contributed by atoms with Crippen LogP contribution in [0.3, 0.4) is 0 Å². The van der Waals surface area contributed by atoms with E-state index in [2.05, 4.69) is 19.2 Å². The number of carbonyl (C=O) groups is 1. The van der Waals surface area contributed by atoms with Crippen molar-refractivity contribution in [3.8, 4) is 0 Å². The molecule has 31 heavy (non-hydrogen) atoms. The van der Waals surface area contributed by atoms with Gasteiger partial charge in [0.1, 0.15) is 12.4 Å². The molecule has 1 aromatic heterocycles. The van der Waals surface area contributed by atoms with Crippen molar-refractivity contribution < 1.29 is 22.4 Å². The zero-order chi connectivity index (χ0) is 22.3. The van der Waals surface area contributed by atoms with Gasteiger partial charge in [0, 0.05) is 32.2 Å². The van der Waals surface area contributed by atoms with Crippen LogP contribution in [0.1, 0.15) is 50.4 Å². The molecule has 1 amide bonds. The van der Waals surface area contributed by atoms with Gasteiger partial charge >= 0.3 is 0 Å². The monoisotopic (exact) mass is 448 g/mol. The van der Waals surface area contributed by atoms with Gasteiger partial charge in [-0.15, -0.1) is 0 Å². The highest BCUT2D eigenvalue weighted by molar-refractivity contribution is 7.89. The molecule has 0 saturated carbocycles. The van der Waals surface area contributed by atoms with E-state index < -0.39 is 10.0 Å². The molecule has 0 radical (unpaired) electrons. The largest absolute Gasteiger partial charge is 0.467 e. The Kier molecular flexibility index (Phi) is 8.28. The third-order valence-corrected chi connectivity index (χ3v) is 7.51. The van der Waals surface area contributed by atoms with Gasteiger partial charge in [-0.3, -0.25) is 4.79 Å². The number of carbonyl (C=O) groups excluding carboxylic acids is 1. The zero-order valence-corrected chi connectivity index (χ0v) is 19.1. The zero-order valence-electron chi connectivity index (χ0n) is 18.2. The minimum Gasteiger partial charge on any atom is -0.467 e. The second-order valence-electron chi connectivity index (χ2n) is 8.18. The molecular weight excluding hydrogens is 416 g/mol. The summed E-state index contributed by atoms with van der Waals surface area (Å²) >= 11 is 0. The summed E-state index contributed by atoms with van der Waals surface area (Å²) in [5, 5.41) is 2.94. The number of nitrogens with zero attached hydrogens (tertiary/aromatic N) is 1. The van der Waals surface area contributed by atoms with Crippen molar-refractivity contribution in [2.75, 3.05) is 26.2 Å². The van der Waals surface area contributed by atoms with E-state index in [9.17, 15) is 13.2 Å². The molecule has 0 unspecified atom stereocenters. The van der Waals surface area contributed by atoms with Crippen LogP contribution in [0.4, 0.5) is 0 Å². The molecule has 1 N–H and O–H groups in total. The molecule has 170 valence electrons. The average molecular weight is 449 g/mol. The van der Waals surface area contributed by atoms with Gasteiger partial charge in [-0.1, -0.05) is 26.0 Å². The summed E-state index contributed by atoms with van der Waals surface area (Å²) in [5.74, 6) is 0.971. The molecule has 8 heteroatoms. The first-order valence-corrected chi connectivity index (χ1v) is 12.3. The van der Waals surface area contributed by atoms with Gasteiger partial charge in [-0.2, -0.15) is 4.31 Å². The molecule has 3 rings (SSSR count). The van der Waals surface area contributed by atoms with Crippen LogP contribution in [0.15, 0.2) is 52.0 Å². The van der Waals surface area contributed by atoms with Crippen LogP contribution in [0, 0.1) is 5.92 Å². The third kappa shape index (κ3) is 6.41. The number of hydrogen-bond acceptors (Lipinski definition) is 5. The van der Waals surface area contributed by atoms with Crippen LogP contribution in [0.25, 0.3) is 0 Å². The number of furan rings is 1. The lowest BCUT2D eigenvalue weighted by Crippen LogP contribution is -2.43. The lowest BCUT2D eigenvalue weighted by atomic mass is 9.97. The van der Waals surface area contributed by atoms with E-state index in [1.54, 1.807) is 18.4 Å². The lowest BCUT2D eigenvalue weighted by molar-refractivity contribution is -0.126. The number of hydrogen-bond donors (Lipinski definition) is 1. The summed E-state index contributed by atoms with van der Waals surface area (Å²) in [6.07, 6.45) is 3.39. The van der Waals surface area contributed by atoms with Crippen molar-refractivity contribution in [2.24, 2.45) is 5.92 Å². The van der Waals surface area contributed by atoms with Gasteiger partial charge in [0.15, 0.2) is 0 Å². The topological polar surface area (TPSA) is 88.9 Å². The maximum atomic E-state index is 12.9. The fraction of sp³-hybridized carbons (Fsp3) is 0.522. The molecule has 2 aromatic rings. The Labute approximate surface area is 184 Å². The van der Waals surface area contributed by atoms with E-state index in [0.29, 0.717) is 62.9 Å². The Morgan fingerprint density at radius 1 is 1.19 bits per heavy atom. The Hall–Kier alpha value is -2.16. The van der Waals surface area contributed by atoms with Gasteiger partial charge in [-0.05, 0) is 55.0 Å². The van der Waals surface area contributed by atoms with Crippen LogP contribution >= 0.6 is 0 Å². The average Bonchev–Trinajstić information content (AvgIpc) is 3.29. The molecule has 1 saturated heterocycles. The summed E-state index contributed by atoms with van der Waals surface area (Å²) < 4.78 is 38.0. The molecular formula is C23H32N2O5S. The van der Waals surface area contributed by atoms with Crippen molar-refractivity contribution in [2.45, 2.75) is 50.5 Å². The van der Waals surface area contributed by atoms with Crippen LogP contribution in [-0.2, 0) is 26.2 Å². The Balaban J connectivity index is 1.38. The molecule has 0 aliphatic carbocycles. The Morgan fingerprint density at radius 3 is 2.52 bits per heavy atom. The highest BCUT2D eigenvalue weighted by Crippen LogP contribution is 2.25. The predicted molar refractivity (Wildman–Crippen MR) is 118 cm³/mol. The molecule has 1 aromatic carbocycles. The highest BCUT2D eigenvalue weighted by atomic mass is 32.2. The van der Waals surface area contributed by atoms with Crippen molar-refractivity contribution in [1.29, 1.82) is 0 Å². The molecule has 0 atom stereocenters. The predicted octanol–water partition coefficient (Wildman–Crippen LogP) is 3.53. The second kappa shape index (κ2) is 10.9. The number of benzene rings is 1. The normalized spacial score (nSPS) is 16.0. The molecule has 1 aliphatic rings. The maximum absolute atomic E-state index is 12.9. The highest BCUT2D eigenvalue weighted by Gasteiger charge is 2.32. The third-order valence-electron chi connectivity index (χ3n) is 5.60. The second-order valence-corrected chi connectivity index (χ2v) is 10.1. The summed E-state index contributed by atoms with van der Waals surface area (Å²) in [7, 11) is -3.52. The first-order valence-electron chi connectivity index (χ1n) is 10.9. The number of sulfonamides is 1. The Morgan fingerprint density at radius 2 is 1.90 bits per heavy atom. The number of nitrogens with one attached hydrogen (secondary N) is 1. The van der Waals surface area contributed by atoms with E-state index >= 15 is 0 Å². The number of rotatable bonds is 10. The minimum atomic E-state index is -3.52. The first-order chi connectivity index (χ1) is 14.9. The maximum Gasteiger partial charge on any atom is 0.243 e. The molecule has 2 heterocycles. The van der Waals surface area contributed by atoms with Crippen molar-refractivity contribution in [3.05, 3.63) is 54.0 Å². The quantitative estimate of drug-likeness (QED) is 0.562. The minimum absolute atomic E-state index is 0.00984. The Bertz CT molecular complexity index is 915. The summed E-state index contributed by atoms with van der Waals surface area (Å²) in [6.45, 7) is 6.37. The van der Waals surface area contributed by atoms with E-state index in [0.717, 1.165) is 11.3 Å². The molecule has 1 aliphatic heterocycles. The number of piperidine rings is 1. The number of amides is 1. The van der Waals surface area contributed by atoms with Gasteiger partial charge in [0.05, 0.1) is 11.2 Å². The summed E-state index contributed by atoms with van der Waals surface area (Å²) in [4.78, 5) is 12.7. The fourth-order valence-electron chi connectivity index (χ4n) is 3.63. The lowest BCUT2D eigenvalue weighted by Gasteiger charge is -2.30. The van der Waals surface area contributed by atoms with Gasteiger partial charge in [0.2, 0.25) is 15.9 Å². The smallest absolute Gasteiger partial charge is 0.243 e. The van der Waals surface area contributed by atoms with E-state index in [-0.39, 0.29) is 11.8 Å². The van der Waals surface area contributed by atoms with E-state index in [1.807, 2.05) is 24.3 Å². The standard InChI is InChI=1S/C23H32N2O5S/c1-18(2)19-6-8-22(9-7-19)31(27,28)25-13-10-20(11-14-25)23(26)24-12-4-15-29-17-21-5-3-16-30-21/h3,5-9,16,18,20H,4,10-15,17H2,1-2H3,(H,24,26). The van der Waals surface area contributed by atoms with Gasteiger partial charge < -0.3 is 14.5 Å². The van der Waals surface area contributed by atoms with Crippen molar-refractivity contribution in [3.63, 3.8) is 0 Å². The van der Waals surface area contributed by atoms with E-state index in [4.69, 9.17) is 9.15 Å². The molecule has 7 nitrogen and oxygen atoms in total. The van der Waals surface area contributed by atoms with Crippen LogP contribution in [0.2, 0.25) is 0 Å². The molecule has 0 bridgehead atoms.